The van der Waals surface area contributed by atoms with Crippen molar-refractivity contribution in [2.24, 2.45) is 0 Å². The van der Waals surface area contributed by atoms with Crippen molar-refractivity contribution < 1.29 is 0 Å². The predicted octanol–water partition coefficient (Wildman–Crippen LogP) is 1.21. The lowest BCUT2D eigenvalue weighted by atomic mass is 10.4. The molecule has 0 amide bonds. The average molecular weight is 100 g/mol. The molecule has 1 N–H and O–H groups in total. The fourth-order valence-corrected chi connectivity index (χ4v) is 0.354. The van der Waals surface area contributed by atoms with Crippen LogP contribution in [0.25, 0.3) is 0 Å². The summed E-state index contributed by atoms with van der Waals surface area (Å²) in [6.07, 6.45) is 2.11. The zero-order chi connectivity index (χ0) is 5.70. The second kappa shape index (κ2) is 4.13. The number of hydrogen-bond acceptors (Lipinski definition) is 1. The summed E-state index contributed by atoms with van der Waals surface area (Å²) in [6.45, 7) is 7.36. The molecule has 0 aromatic carbocycles. The van der Waals surface area contributed by atoms with Crippen LogP contribution in [-0.2, 0) is 0 Å². The van der Waals surface area contributed by atoms with Gasteiger partial charge in [0.2, 0.25) is 0 Å². The molecule has 0 heterocycles. The molecular weight excluding hydrogens is 86.1 g/mol. The normalized spacial score (nSPS) is 10.3. The van der Waals surface area contributed by atoms with Gasteiger partial charge >= 0.3 is 0 Å². The molecule has 0 bridgehead atoms. The summed E-state index contributed by atoms with van der Waals surface area (Å²) < 4.78 is 0. The first-order chi connectivity index (χ1) is 3.27. The van der Waals surface area contributed by atoms with E-state index in [9.17, 15) is 0 Å². The van der Waals surface area contributed by atoms with Gasteiger partial charge in [-0.2, -0.15) is 0 Å². The molecule has 0 atom stereocenters. The van der Waals surface area contributed by atoms with Crippen molar-refractivity contribution in [1.29, 1.82) is 0 Å². The molecule has 0 aromatic heterocycles. The van der Waals surface area contributed by atoms with Gasteiger partial charge in [0.1, 0.15) is 0 Å². The summed E-state index contributed by atoms with van der Waals surface area (Å²) in [5, 5.41) is 3.24. The van der Waals surface area contributed by atoms with Crippen LogP contribution >= 0.6 is 0 Å². The number of nitrogens with one attached hydrogen (secondary N) is 1. The molecule has 1 heteroatoms. The van der Waals surface area contributed by atoms with Crippen LogP contribution in [0.3, 0.4) is 0 Å². The van der Waals surface area contributed by atoms with Gasteiger partial charge in [-0.1, -0.05) is 20.8 Å². The van der Waals surface area contributed by atoms with Crippen LogP contribution < -0.4 is 5.32 Å². The molecule has 0 rings (SSSR count). The Kier molecular flexibility index (Phi) is 4.10. The summed E-state index contributed by atoms with van der Waals surface area (Å²) >= 11 is 0. The van der Waals surface area contributed by atoms with E-state index in [2.05, 4.69) is 32.5 Å². The smallest absolute Gasteiger partial charge is 0.00104 e. The Morgan fingerprint density at radius 2 is 2.14 bits per heavy atom. The summed E-state index contributed by atoms with van der Waals surface area (Å²) in [7, 11) is 0. The van der Waals surface area contributed by atoms with Crippen molar-refractivity contribution in [1.82, 2.24) is 5.32 Å². The lowest BCUT2D eigenvalue weighted by Gasteiger charge is -2.03. The topological polar surface area (TPSA) is 12.0 Å². The van der Waals surface area contributed by atoms with Crippen LogP contribution in [0.15, 0.2) is 0 Å². The largest absolute Gasteiger partial charge is 0.314 e. The highest BCUT2D eigenvalue weighted by atomic mass is 14.9. The van der Waals surface area contributed by atoms with Crippen molar-refractivity contribution in [2.75, 3.05) is 6.54 Å². The molecule has 1 radical (unpaired) electrons. The highest BCUT2D eigenvalue weighted by molar-refractivity contribution is 4.61. The van der Waals surface area contributed by atoms with Gasteiger partial charge in [-0.15, -0.1) is 0 Å². The minimum atomic E-state index is 0.621. The Morgan fingerprint density at radius 3 is 2.29 bits per heavy atom. The van der Waals surface area contributed by atoms with E-state index >= 15 is 0 Å². The maximum Gasteiger partial charge on any atom is 0.00104 e. The van der Waals surface area contributed by atoms with Crippen LogP contribution in [0, 0.1) is 6.42 Å². The van der Waals surface area contributed by atoms with Crippen molar-refractivity contribution >= 4 is 0 Å². The van der Waals surface area contributed by atoms with Crippen LogP contribution in [0.2, 0.25) is 0 Å². The van der Waals surface area contributed by atoms with E-state index in [1.54, 1.807) is 0 Å². The number of hydrogen-bond donors (Lipinski definition) is 1. The molecule has 1 nitrogen and oxygen atoms in total. The van der Waals surface area contributed by atoms with E-state index in [1.807, 2.05) is 0 Å². The maximum absolute atomic E-state index is 3.24. The second-order valence-corrected chi connectivity index (χ2v) is 1.97. The quantitative estimate of drug-likeness (QED) is 0.562. The molecular formula is C6H14N. The minimum Gasteiger partial charge on any atom is -0.314 e. The molecule has 0 unspecified atom stereocenters. The van der Waals surface area contributed by atoms with Crippen molar-refractivity contribution in [3.63, 3.8) is 0 Å². The Hall–Kier alpha value is -0.0400. The van der Waals surface area contributed by atoms with Gasteiger partial charge < -0.3 is 5.32 Å². The third kappa shape index (κ3) is 5.96. The van der Waals surface area contributed by atoms with E-state index < -0.39 is 0 Å². The second-order valence-electron chi connectivity index (χ2n) is 1.97. The standard InChI is InChI=1S/C6H14N/c1-4-5-7-6(2)3/h4,6-7H,5H2,1-3H3. The molecule has 0 saturated heterocycles. The third-order valence-electron chi connectivity index (χ3n) is 0.730. The first kappa shape index (κ1) is 6.96. The minimum absolute atomic E-state index is 0.621. The third-order valence-corrected chi connectivity index (χ3v) is 0.730. The van der Waals surface area contributed by atoms with E-state index in [4.69, 9.17) is 0 Å². The highest BCUT2D eigenvalue weighted by Crippen LogP contribution is 1.75. The lowest BCUT2D eigenvalue weighted by molar-refractivity contribution is 0.619. The average Bonchev–Trinajstić information content (AvgIpc) is 1.61. The monoisotopic (exact) mass is 100 g/mol. The fourth-order valence-electron chi connectivity index (χ4n) is 0.354. The van der Waals surface area contributed by atoms with Crippen LogP contribution in [0.1, 0.15) is 20.8 Å². The van der Waals surface area contributed by atoms with E-state index in [1.165, 1.54) is 0 Å². The van der Waals surface area contributed by atoms with Crippen LogP contribution in [-0.4, -0.2) is 12.6 Å². The molecule has 0 aliphatic heterocycles. The van der Waals surface area contributed by atoms with Gasteiger partial charge in [-0.3, -0.25) is 0 Å². The summed E-state index contributed by atoms with van der Waals surface area (Å²) in [5.41, 5.74) is 0. The van der Waals surface area contributed by atoms with E-state index in [-0.39, 0.29) is 0 Å². The number of rotatable bonds is 3. The first-order valence-corrected chi connectivity index (χ1v) is 2.78. The summed E-state index contributed by atoms with van der Waals surface area (Å²) in [5.74, 6) is 0. The first-order valence-electron chi connectivity index (χ1n) is 2.78. The van der Waals surface area contributed by atoms with E-state index in [0.717, 1.165) is 6.54 Å². The molecule has 43 valence electrons. The Bertz CT molecular complexity index is 33.2. The molecule has 0 aliphatic rings. The van der Waals surface area contributed by atoms with Gasteiger partial charge in [0.15, 0.2) is 0 Å². The van der Waals surface area contributed by atoms with E-state index in [0.29, 0.717) is 6.04 Å². The summed E-state index contributed by atoms with van der Waals surface area (Å²) in [6, 6.07) is 0.621. The van der Waals surface area contributed by atoms with Crippen molar-refractivity contribution in [3.05, 3.63) is 6.42 Å². The van der Waals surface area contributed by atoms with Gasteiger partial charge in [-0.05, 0) is 13.0 Å². The Morgan fingerprint density at radius 1 is 1.57 bits per heavy atom. The summed E-state index contributed by atoms with van der Waals surface area (Å²) in [4.78, 5) is 0. The Balaban J connectivity index is 2.68. The predicted molar refractivity (Wildman–Crippen MR) is 33.1 cm³/mol. The molecule has 0 saturated carbocycles. The zero-order valence-electron chi connectivity index (χ0n) is 5.36. The molecule has 0 aromatic rings. The Labute approximate surface area is 46.1 Å². The van der Waals surface area contributed by atoms with Crippen molar-refractivity contribution in [2.45, 2.75) is 26.8 Å². The van der Waals surface area contributed by atoms with Gasteiger partial charge in [0.25, 0.3) is 0 Å². The van der Waals surface area contributed by atoms with Gasteiger partial charge in [0.05, 0.1) is 0 Å². The maximum atomic E-state index is 3.24. The highest BCUT2D eigenvalue weighted by Gasteiger charge is 1.85. The zero-order valence-corrected chi connectivity index (χ0v) is 5.36. The molecule has 0 aliphatic carbocycles. The van der Waals surface area contributed by atoms with Gasteiger partial charge in [0, 0.05) is 6.04 Å². The van der Waals surface area contributed by atoms with Gasteiger partial charge in [-0.25, -0.2) is 0 Å². The lowest BCUT2D eigenvalue weighted by Crippen LogP contribution is -2.23. The SMILES string of the molecule is C[CH]CNC(C)C. The van der Waals surface area contributed by atoms with Crippen LogP contribution in [0.4, 0.5) is 0 Å². The molecule has 0 spiro atoms. The van der Waals surface area contributed by atoms with Crippen molar-refractivity contribution in [3.8, 4) is 0 Å². The molecule has 7 heavy (non-hydrogen) atoms. The molecule has 0 fully saturated rings. The van der Waals surface area contributed by atoms with Crippen LogP contribution in [0.5, 0.6) is 0 Å². The fraction of sp³-hybridized carbons (Fsp3) is 0.833.